The SMILES string of the molecule is COC1CCCC(N[C@H](C)c2cccc(Br)c2)C1. The van der Waals surface area contributed by atoms with E-state index in [1.165, 1.54) is 24.8 Å². The lowest BCUT2D eigenvalue weighted by Gasteiger charge is -2.31. The minimum atomic E-state index is 0.392. The zero-order valence-corrected chi connectivity index (χ0v) is 12.7. The summed E-state index contributed by atoms with van der Waals surface area (Å²) in [7, 11) is 1.82. The zero-order valence-electron chi connectivity index (χ0n) is 11.2. The molecular weight excluding hydrogens is 290 g/mol. The van der Waals surface area contributed by atoms with Gasteiger partial charge in [0, 0.05) is 23.7 Å². The van der Waals surface area contributed by atoms with E-state index in [1.807, 2.05) is 7.11 Å². The first-order chi connectivity index (χ1) is 8.69. The molecule has 2 nitrogen and oxygen atoms in total. The van der Waals surface area contributed by atoms with Gasteiger partial charge in [-0.15, -0.1) is 0 Å². The minimum Gasteiger partial charge on any atom is -0.381 e. The standard InChI is InChI=1S/C15H22BrNO/c1-11(12-5-3-6-13(16)9-12)17-14-7-4-8-15(10-14)18-2/h3,5-6,9,11,14-15,17H,4,7-8,10H2,1-2H3/t11-,14?,15?/m1/s1. The van der Waals surface area contributed by atoms with Crippen LogP contribution in [0.25, 0.3) is 0 Å². The van der Waals surface area contributed by atoms with Crippen LogP contribution in [0.4, 0.5) is 0 Å². The van der Waals surface area contributed by atoms with E-state index in [1.54, 1.807) is 0 Å². The number of halogens is 1. The van der Waals surface area contributed by atoms with Crippen molar-refractivity contribution >= 4 is 15.9 Å². The molecule has 3 heteroatoms. The fourth-order valence-corrected chi connectivity index (χ4v) is 3.15. The molecule has 3 atom stereocenters. The summed E-state index contributed by atoms with van der Waals surface area (Å²) in [5.74, 6) is 0. The first kappa shape index (κ1) is 14.0. The zero-order chi connectivity index (χ0) is 13.0. The van der Waals surface area contributed by atoms with Crippen molar-refractivity contribution in [3.05, 3.63) is 34.3 Å². The summed E-state index contributed by atoms with van der Waals surface area (Å²) in [6.45, 7) is 2.23. The number of benzene rings is 1. The molecule has 0 aliphatic heterocycles. The van der Waals surface area contributed by atoms with Crippen molar-refractivity contribution in [1.29, 1.82) is 0 Å². The van der Waals surface area contributed by atoms with Gasteiger partial charge in [-0.3, -0.25) is 0 Å². The van der Waals surface area contributed by atoms with Crippen molar-refractivity contribution in [3.63, 3.8) is 0 Å². The Morgan fingerprint density at radius 1 is 1.39 bits per heavy atom. The van der Waals surface area contributed by atoms with E-state index in [0.717, 1.165) is 10.9 Å². The summed E-state index contributed by atoms with van der Waals surface area (Å²) < 4.78 is 6.63. The average Bonchev–Trinajstić information content (AvgIpc) is 2.39. The van der Waals surface area contributed by atoms with Gasteiger partial charge in [0.25, 0.3) is 0 Å². The highest BCUT2D eigenvalue weighted by Gasteiger charge is 2.22. The Bertz CT molecular complexity index is 383. The summed E-state index contributed by atoms with van der Waals surface area (Å²) in [4.78, 5) is 0. The first-order valence-corrected chi connectivity index (χ1v) is 7.52. The van der Waals surface area contributed by atoms with Crippen LogP contribution in [-0.2, 0) is 4.74 Å². The summed E-state index contributed by atoms with van der Waals surface area (Å²) in [5.41, 5.74) is 1.34. The van der Waals surface area contributed by atoms with Gasteiger partial charge < -0.3 is 10.1 Å². The lowest BCUT2D eigenvalue weighted by Crippen LogP contribution is -2.38. The molecule has 100 valence electrons. The quantitative estimate of drug-likeness (QED) is 0.905. The van der Waals surface area contributed by atoms with Crippen LogP contribution in [0, 0.1) is 0 Å². The molecule has 1 aliphatic carbocycles. The fourth-order valence-electron chi connectivity index (χ4n) is 2.74. The van der Waals surface area contributed by atoms with E-state index in [9.17, 15) is 0 Å². The lowest BCUT2D eigenvalue weighted by molar-refractivity contribution is 0.0572. The van der Waals surface area contributed by atoms with Gasteiger partial charge >= 0.3 is 0 Å². The molecule has 0 aromatic heterocycles. The van der Waals surface area contributed by atoms with Crippen molar-refractivity contribution in [3.8, 4) is 0 Å². The van der Waals surface area contributed by atoms with Crippen LogP contribution >= 0.6 is 15.9 Å². The molecule has 1 aliphatic rings. The van der Waals surface area contributed by atoms with E-state index in [0.29, 0.717) is 18.2 Å². The van der Waals surface area contributed by atoms with Crippen molar-refractivity contribution in [1.82, 2.24) is 5.32 Å². The van der Waals surface area contributed by atoms with Crippen LogP contribution in [0.5, 0.6) is 0 Å². The molecule has 0 amide bonds. The summed E-state index contributed by atoms with van der Waals surface area (Å²) >= 11 is 3.53. The Hall–Kier alpha value is -0.380. The molecular formula is C15H22BrNO. The second-order valence-electron chi connectivity index (χ2n) is 5.16. The smallest absolute Gasteiger partial charge is 0.0586 e. The highest BCUT2D eigenvalue weighted by molar-refractivity contribution is 9.10. The van der Waals surface area contributed by atoms with E-state index < -0.39 is 0 Å². The Labute approximate surface area is 118 Å². The molecule has 1 aromatic carbocycles. The Balaban J connectivity index is 1.92. The van der Waals surface area contributed by atoms with Gasteiger partial charge in [-0.25, -0.2) is 0 Å². The van der Waals surface area contributed by atoms with Crippen molar-refractivity contribution in [2.45, 2.75) is 50.8 Å². The Morgan fingerprint density at radius 3 is 2.94 bits per heavy atom. The second-order valence-corrected chi connectivity index (χ2v) is 6.08. The maximum absolute atomic E-state index is 5.48. The van der Waals surface area contributed by atoms with E-state index in [4.69, 9.17) is 4.74 Å². The van der Waals surface area contributed by atoms with Crippen LogP contribution < -0.4 is 5.32 Å². The van der Waals surface area contributed by atoms with Crippen LogP contribution in [0.15, 0.2) is 28.7 Å². The largest absolute Gasteiger partial charge is 0.381 e. The average molecular weight is 312 g/mol. The van der Waals surface area contributed by atoms with Gasteiger partial charge in [0.05, 0.1) is 6.10 Å². The molecule has 0 spiro atoms. The maximum atomic E-state index is 5.48. The van der Waals surface area contributed by atoms with E-state index in [2.05, 4.69) is 52.4 Å². The lowest BCUT2D eigenvalue weighted by atomic mass is 9.92. The van der Waals surface area contributed by atoms with Gasteiger partial charge in [0.1, 0.15) is 0 Å². The van der Waals surface area contributed by atoms with Crippen molar-refractivity contribution in [2.75, 3.05) is 7.11 Å². The molecule has 2 rings (SSSR count). The number of hydrogen-bond donors (Lipinski definition) is 1. The first-order valence-electron chi connectivity index (χ1n) is 6.73. The summed E-state index contributed by atoms with van der Waals surface area (Å²) in [6, 6.07) is 9.50. The number of methoxy groups -OCH3 is 1. The predicted molar refractivity (Wildman–Crippen MR) is 78.7 cm³/mol. The number of rotatable bonds is 4. The van der Waals surface area contributed by atoms with Gasteiger partial charge in [0.2, 0.25) is 0 Å². The topological polar surface area (TPSA) is 21.3 Å². The summed E-state index contributed by atoms with van der Waals surface area (Å²) in [6.07, 6.45) is 5.31. The van der Waals surface area contributed by atoms with Crippen molar-refractivity contribution in [2.24, 2.45) is 0 Å². The van der Waals surface area contributed by atoms with Gasteiger partial charge in [-0.2, -0.15) is 0 Å². The van der Waals surface area contributed by atoms with Crippen LogP contribution in [0.3, 0.4) is 0 Å². The third-order valence-corrected chi connectivity index (χ3v) is 4.29. The molecule has 18 heavy (non-hydrogen) atoms. The third-order valence-electron chi connectivity index (χ3n) is 3.79. The van der Waals surface area contributed by atoms with E-state index in [-0.39, 0.29) is 0 Å². The van der Waals surface area contributed by atoms with Crippen molar-refractivity contribution < 1.29 is 4.74 Å². The molecule has 0 radical (unpaired) electrons. The Kier molecular flexibility index (Phi) is 5.22. The Morgan fingerprint density at radius 2 is 2.22 bits per heavy atom. The molecule has 2 unspecified atom stereocenters. The number of hydrogen-bond acceptors (Lipinski definition) is 2. The number of nitrogens with one attached hydrogen (secondary N) is 1. The maximum Gasteiger partial charge on any atom is 0.0586 e. The monoisotopic (exact) mass is 311 g/mol. The van der Waals surface area contributed by atoms with Gasteiger partial charge in [-0.05, 0) is 50.3 Å². The van der Waals surface area contributed by atoms with Gasteiger partial charge in [-0.1, -0.05) is 28.1 Å². The number of ether oxygens (including phenoxy) is 1. The molecule has 1 aromatic rings. The third kappa shape index (κ3) is 3.81. The second kappa shape index (κ2) is 6.69. The summed E-state index contributed by atoms with van der Waals surface area (Å²) in [5, 5.41) is 3.73. The molecule has 0 bridgehead atoms. The van der Waals surface area contributed by atoms with Crippen LogP contribution in [0.1, 0.15) is 44.2 Å². The highest BCUT2D eigenvalue weighted by Crippen LogP contribution is 2.24. The molecule has 0 heterocycles. The van der Waals surface area contributed by atoms with E-state index >= 15 is 0 Å². The minimum absolute atomic E-state index is 0.392. The fraction of sp³-hybridized carbons (Fsp3) is 0.600. The van der Waals surface area contributed by atoms with Crippen LogP contribution in [0.2, 0.25) is 0 Å². The molecule has 1 fully saturated rings. The molecule has 1 saturated carbocycles. The molecule has 0 saturated heterocycles. The predicted octanol–water partition coefficient (Wildman–Crippen LogP) is 4.06. The highest BCUT2D eigenvalue weighted by atomic mass is 79.9. The normalized spacial score (nSPS) is 25.9. The van der Waals surface area contributed by atoms with Crippen LogP contribution in [-0.4, -0.2) is 19.3 Å². The van der Waals surface area contributed by atoms with Gasteiger partial charge in [0.15, 0.2) is 0 Å². The molecule has 1 N–H and O–H groups in total.